The van der Waals surface area contributed by atoms with Crippen molar-refractivity contribution in [3.8, 4) is 5.88 Å². The molecule has 2 rings (SSSR count). The van der Waals surface area contributed by atoms with Gasteiger partial charge in [-0.3, -0.25) is 9.59 Å². The average Bonchev–Trinajstić information content (AvgIpc) is 2.35. The van der Waals surface area contributed by atoms with Crippen molar-refractivity contribution in [2.75, 3.05) is 7.11 Å². The number of carbonyl (C=O) groups excluding carboxylic acids is 1. The Hall–Kier alpha value is -2.11. The smallest absolute Gasteiger partial charge is 0.319 e. The van der Waals surface area contributed by atoms with Crippen LogP contribution in [0, 0.1) is 5.41 Å². The Morgan fingerprint density at radius 1 is 1.47 bits per heavy atom. The van der Waals surface area contributed by atoms with Gasteiger partial charge >= 0.3 is 5.97 Å². The molecule has 2 N–H and O–H groups in total. The van der Waals surface area contributed by atoms with Crippen LogP contribution in [-0.4, -0.2) is 29.1 Å². The molecule has 0 unspecified atom stereocenters. The van der Waals surface area contributed by atoms with Crippen molar-refractivity contribution in [2.24, 2.45) is 5.41 Å². The van der Waals surface area contributed by atoms with Gasteiger partial charge in [0.1, 0.15) is 5.41 Å². The molecule has 0 spiro atoms. The molecule has 0 saturated heterocycles. The predicted octanol–water partition coefficient (Wildman–Crippen LogP) is 0.961. The number of aromatic nitrogens is 1. The predicted molar refractivity (Wildman–Crippen MR) is 66.6 cm³/mol. The molecule has 0 bridgehead atoms. The summed E-state index contributed by atoms with van der Waals surface area (Å²) in [4.78, 5) is 27.1. The third-order valence-corrected chi connectivity index (χ3v) is 3.51. The molecule has 1 aliphatic rings. The molecular formula is C13H16N2O4. The lowest BCUT2D eigenvalue weighted by Crippen LogP contribution is -2.50. The molecule has 1 aromatic heterocycles. The molecule has 1 heterocycles. The Bertz CT molecular complexity index is 480. The van der Waals surface area contributed by atoms with Crippen molar-refractivity contribution in [1.29, 1.82) is 0 Å². The van der Waals surface area contributed by atoms with Crippen LogP contribution in [-0.2, 0) is 16.1 Å². The van der Waals surface area contributed by atoms with E-state index in [9.17, 15) is 9.59 Å². The van der Waals surface area contributed by atoms with Gasteiger partial charge in [-0.25, -0.2) is 4.98 Å². The number of pyridine rings is 1. The van der Waals surface area contributed by atoms with Crippen LogP contribution in [0.3, 0.4) is 0 Å². The molecule has 0 aliphatic heterocycles. The van der Waals surface area contributed by atoms with E-state index < -0.39 is 17.3 Å². The van der Waals surface area contributed by atoms with Gasteiger partial charge in [0.25, 0.3) is 0 Å². The van der Waals surface area contributed by atoms with Gasteiger partial charge in [-0.2, -0.15) is 0 Å². The normalized spacial score (nSPS) is 16.3. The minimum atomic E-state index is -1.22. The lowest BCUT2D eigenvalue weighted by molar-refractivity contribution is -0.162. The Balaban J connectivity index is 1.94. The van der Waals surface area contributed by atoms with Crippen molar-refractivity contribution in [3.05, 3.63) is 23.9 Å². The summed E-state index contributed by atoms with van der Waals surface area (Å²) in [5.74, 6) is -0.956. The number of ether oxygens (including phenoxy) is 1. The number of amides is 1. The van der Waals surface area contributed by atoms with Gasteiger partial charge in [0, 0.05) is 18.8 Å². The van der Waals surface area contributed by atoms with Crippen LogP contribution in [0.25, 0.3) is 0 Å². The van der Waals surface area contributed by atoms with E-state index in [1.165, 1.54) is 7.11 Å². The highest BCUT2D eigenvalue weighted by Gasteiger charge is 2.50. The summed E-state index contributed by atoms with van der Waals surface area (Å²) in [7, 11) is 1.52. The second-order valence-corrected chi connectivity index (χ2v) is 4.63. The Morgan fingerprint density at radius 3 is 2.63 bits per heavy atom. The highest BCUT2D eigenvalue weighted by Crippen LogP contribution is 2.41. The minimum absolute atomic E-state index is 0.269. The van der Waals surface area contributed by atoms with Gasteiger partial charge < -0.3 is 15.2 Å². The van der Waals surface area contributed by atoms with Crippen molar-refractivity contribution >= 4 is 11.9 Å². The third kappa shape index (κ3) is 2.52. The molecule has 1 amide bonds. The first-order valence-corrected chi connectivity index (χ1v) is 6.09. The minimum Gasteiger partial charge on any atom is -0.481 e. The van der Waals surface area contributed by atoms with E-state index in [2.05, 4.69) is 10.3 Å². The molecular weight excluding hydrogens is 248 g/mol. The summed E-state index contributed by atoms with van der Waals surface area (Å²) in [6.45, 7) is 0.269. The average molecular weight is 264 g/mol. The maximum atomic E-state index is 11.9. The van der Waals surface area contributed by atoms with Gasteiger partial charge in [-0.15, -0.1) is 0 Å². The SMILES string of the molecule is COc1ccc(CNC(=O)C2(C(=O)O)CCC2)cn1. The summed E-state index contributed by atoms with van der Waals surface area (Å²) < 4.78 is 4.93. The standard InChI is InChI=1S/C13H16N2O4/c1-19-10-4-3-9(7-14-10)8-15-11(16)13(12(17)18)5-2-6-13/h3-4,7H,2,5-6,8H2,1H3,(H,15,16)(H,17,18). The maximum absolute atomic E-state index is 11.9. The van der Waals surface area contributed by atoms with Gasteiger partial charge in [-0.05, 0) is 18.4 Å². The highest BCUT2D eigenvalue weighted by atomic mass is 16.5. The number of carboxylic acid groups (broad SMARTS) is 1. The summed E-state index contributed by atoms with van der Waals surface area (Å²) in [5.41, 5.74) is -0.422. The van der Waals surface area contributed by atoms with Crippen LogP contribution in [0.2, 0.25) is 0 Å². The van der Waals surface area contributed by atoms with E-state index in [0.29, 0.717) is 18.7 Å². The highest BCUT2D eigenvalue weighted by molar-refractivity contribution is 6.02. The fourth-order valence-corrected chi connectivity index (χ4v) is 2.06. The van der Waals surface area contributed by atoms with E-state index >= 15 is 0 Å². The zero-order valence-electron chi connectivity index (χ0n) is 10.7. The number of nitrogens with zero attached hydrogens (tertiary/aromatic N) is 1. The first-order valence-electron chi connectivity index (χ1n) is 6.09. The number of methoxy groups -OCH3 is 1. The van der Waals surface area contributed by atoms with Gasteiger partial charge in [-0.1, -0.05) is 12.5 Å². The monoisotopic (exact) mass is 264 g/mol. The maximum Gasteiger partial charge on any atom is 0.319 e. The van der Waals surface area contributed by atoms with Crippen molar-refractivity contribution in [1.82, 2.24) is 10.3 Å². The van der Waals surface area contributed by atoms with Crippen molar-refractivity contribution in [3.63, 3.8) is 0 Å². The fourth-order valence-electron chi connectivity index (χ4n) is 2.06. The second-order valence-electron chi connectivity index (χ2n) is 4.63. The summed E-state index contributed by atoms with van der Waals surface area (Å²) in [5, 5.41) is 11.8. The Morgan fingerprint density at radius 2 is 2.21 bits per heavy atom. The van der Waals surface area contributed by atoms with Crippen LogP contribution < -0.4 is 10.1 Å². The molecule has 1 fully saturated rings. The molecule has 0 aromatic carbocycles. The van der Waals surface area contributed by atoms with Gasteiger partial charge in [0.2, 0.25) is 11.8 Å². The number of hydrogen-bond donors (Lipinski definition) is 2. The molecule has 1 saturated carbocycles. The third-order valence-electron chi connectivity index (χ3n) is 3.51. The van der Waals surface area contributed by atoms with Gasteiger partial charge in [0.15, 0.2) is 0 Å². The van der Waals surface area contributed by atoms with Gasteiger partial charge in [0.05, 0.1) is 7.11 Å². The van der Waals surface area contributed by atoms with Crippen LogP contribution in [0.1, 0.15) is 24.8 Å². The Kier molecular flexibility index (Phi) is 3.69. The molecule has 0 radical (unpaired) electrons. The van der Waals surface area contributed by atoms with E-state index in [4.69, 9.17) is 9.84 Å². The first-order chi connectivity index (χ1) is 9.08. The summed E-state index contributed by atoms with van der Waals surface area (Å²) in [6, 6.07) is 3.47. The second kappa shape index (κ2) is 5.26. The molecule has 6 nitrogen and oxygen atoms in total. The van der Waals surface area contributed by atoms with Crippen LogP contribution in [0.4, 0.5) is 0 Å². The molecule has 6 heteroatoms. The number of carbonyl (C=O) groups is 2. The van der Waals surface area contributed by atoms with Crippen LogP contribution in [0.15, 0.2) is 18.3 Å². The van der Waals surface area contributed by atoms with E-state index in [1.54, 1.807) is 18.3 Å². The van der Waals surface area contributed by atoms with E-state index in [-0.39, 0.29) is 6.54 Å². The van der Waals surface area contributed by atoms with Crippen molar-refractivity contribution < 1.29 is 19.4 Å². The van der Waals surface area contributed by atoms with Crippen molar-refractivity contribution in [2.45, 2.75) is 25.8 Å². The first kappa shape index (κ1) is 13.3. The topological polar surface area (TPSA) is 88.5 Å². The summed E-state index contributed by atoms with van der Waals surface area (Å²) >= 11 is 0. The lowest BCUT2D eigenvalue weighted by atomic mass is 9.68. The van der Waals surface area contributed by atoms with E-state index in [1.807, 2.05) is 0 Å². The molecule has 1 aliphatic carbocycles. The zero-order valence-corrected chi connectivity index (χ0v) is 10.7. The largest absolute Gasteiger partial charge is 0.481 e. The molecule has 102 valence electrons. The summed E-state index contributed by atoms with van der Waals surface area (Å²) in [6.07, 6.45) is 3.20. The molecule has 1 aromatic rings. The zero-order chi connectivity index (χ0) is 13.9. The number of hydrogen-bond acceptors (Lipinski definition) is 4. The lowest BCUT2D eigenvalue weighted by Gasteiger charge is -2.35. The number of aliphatic carboxylic acids is 1. The number of rotatable bonds is 5. The van der Waals surface area contributed by atoms with Crippen LogP contribution >= 0.6 is 0 Å². The number of carboxylic acids is 1. The number of nitrogens with one attached hydrogen (secondary N) is 1. The Labute approximate surface area is 110 Å². The van der Waals surface area contributed by atoms with E-state index in [0.717, 1.165) is 12.0 Å². The van der Waals surface area contributed by atoms with Crippen LogP contribution in [0.5, 0.6) is 5.88 Å². The molecule has 19 heavy (non-hydrogen) atoms. The fraction of sp³-hybridized carbons (Fsp3) is 0.462. The quantitative estimate of drug-likeness (QED) is 0.773. The molecule has 0 atom stereocenters.